The Bertz CT molecular complexity index is 291. The fraction of sp³-hybridized carbons (Fsp3) is 0.333. The highest BCUT2D eigenvalue weighted by molar-refractivity contribution is 6.34. The van der Waals surface area contributed by atoms with Gasteiger partial charge in [-0.3, -0.25) is 0 Å². The predicted octanol–water partition coefficient (Wildman–Crippen LogP) is 2.81. The van der Waals surface area contributed by atoms with Crippen molar-refractivity contribution in [2.24, 2.45) is 5.73 Å². The highest BCUT2D eigenvalue weighted by atomic mass is 35.5. The van der Waals surface area contributed by atoms with E-state index in [-0.39, 0.29) is 0 Å². The van der Waals surface area contributed by atoms with Gasteiger partial charge in [-0.1, -0.05) is 23.2 Å². The zero-order chi connectivity index (χ0) is 8.72. The number of benzene rings is 1. The van der Waals surface area contributed by atoms with Gasteiger partial charge in [-0.15, -0.1) is 0 Å². The molecule has 64 valence electrons. The van der Waals surface area contributed by atoms with Gasteiger partial charge in [0.25, 0.3) is 0 Å². The molecule has 2 rings (SSSR count). The van der Waals surface area contributed by atoms with Crippen LogP contribution in [0.1, 0.15) is 17.9 Å². The van der Waals surface area contributed by atoms with Gasteiger partial charge in [0.15, 0.2) is 0 Å². The summed E-state index contributed by atoms with van der Waals surface area (Å²) < 4.78 is 0. The van der Waals surface area contributed by atoms with E-state index in [1.165, 1.54) is 5.56 Å². The summed E-state index contributed by atoms with van der Waals surface area (Å²) in [5.41, 5.74) is 6.88. The van der Waals surface area contributed by atoms with Crippen LogP contribution in [0.25, 0.3) is 0 Å². The summed E-state index contributed by atoms with van der Waals surface area (Å²) >= 11 is 11.7. The first-order chi connectivity index (χ1) is 5.66. The lowest BCUT2D eigenvalue weighted by Gasteiger charge is -2.00. The summed E-state index contributed by atoms with van der Waals surface area (Å²) in [5, 5.41) is 1.38. The van der Waals surface area contributed by atoms with Gasteiger partial charge in [0, 0.05) is 22.0 Å². The monoisotopic (exact) mass is 201 g/mol. The van der Waals surface area contributed by atoms with Crippen LogP contribution in [0.15, 0.2) is 18.2 Å². The van der Waals surface area contributed by atoms with Crippen LogP contribution in [-0.4, -0.2) is 6.04 Å². The van der Waals surface area contributed by atoms with E-state index in [2.05, 4.69) is 0 Å². The van der Waals surface area contributed by atoms with E-state index in [1.54, 1.807) is 6.07 Å². The first kappa shape index (κ1) is 8.36. The second-order valence-corrected chi connectivity index (χ2v) is 4.08. The minimum Gasteiger partial charge on any atom is -0.327 e. The summed E-state index contributed by atoms with van der Waals surface area (Å²) in [6.07, 6.45) is 1.05. The van der Waals surface area contributed by atoms with Gasteiger partial charge in [0.05, 0.1) is 0 Å². The maximum Gasteiger partial charge on any atom is 0.0423 e. The van der Waals surface area contributed by atoms with Crippen molar-refractivity contribution in [3.63, 3.8) is 0 Å². The number of rotatable bonds is 1. The van der Waals surface area contributed by atoms with Crippen molar-refractivity contribution < 1.29 is 0 Å². The van der Waals surface area contributed by atoms with E-state index in [0.29, 0.717) is 22.0 Å². The smallest absolute Gasteiger partial charge is 0.0423 e. The first-order valence-electron chi connectivity index (χ1n) is 3.88. The molecule has 12 heavy (non-hydrogen) atoms. The van der Waals surface area contributed by atoms with Gasteiger partial charge >= 0.3 is 0 Å². The Kier molecular flexibility index (Phi) is 2.03. The molecule has 1 unspecified atom stereocenters. The topological polar surface area (TPSA) is 26.0 Å². The molecule has 2 N–H and O–H groups in total. The van der Waals surface area contributed by atoms with E-state index in [0.717, 1.165) is 6.42 Å². The second-order valence-electron chi connectivity index (χ2n) is 3.21. The zero-order valence-electron chi connectivity index (χ0n) is 6.43. The maximum absolute atomic E-state index is 5.84. The summed E-state index contributed by atoms with van der Waals surface area (Å²) in [6, 6.07) is 5.91. The van der Waals surface area contributed by atoms with Crippen molar-refractivity contribution >= 4 is 23.2 Å². The van der Waals surface area contributed by atoms with Crippen LogP contribution in [0.4, 0.5) is 0 Å². The third-order valence-corrected chi connectivity index (χ3v) is 2.59. The zero-order valence-corrected chi connectivity index (χ0v) is 7.94. The van der Waals surface area contributed by atoms with Crippen molar-refractivity contribution in [2.45, 2.75) is 18.4 Å². The standard InChI is InChI=1S/C9H9Cl2N/c10-6-1-5(2-7(11)3-6)8-4-9(8)12/h1-3,8-9H,4,12H2/t8?,9-/m1/s1. The molecule has 0 aliphatic heterocycles. The fourth-order valence-corrected chi connectivity index (χ4v) is 1.93. The molecule has 1 saturated carbocycles. The van der Waals surface area contributed by atoms with Crippen LogP contribution in [0.3, 0.4) is 0 Å². The molecule has 2 atom stereocenters. The van der Waals surface area contributed by atoms with E-state index in [4.69, 9.17) is 28.9 Å². The number of hydrogen-bond acceptors (Lipinski definition) is 1. The lowest BCUT2D eigenvalue weighted by atomic mass is 10.1. The SMILES string of the molecule is N[C@@H]1CC1c1cc(Cl)cc(Cl)c1. The van der Waals surface area contributed by atoms with E-state index >= 15 is 0 Å². The largest absolute Gasteiger partial charge is 0.327 e. The highest BCUT2D eigenvalue weighted by Crippen LogP contribution is 2.40. The third kappa shape index (κ3) is 1.58. The normalized spacial score (nSPS) is 27.2. The van der Waals surface area contributed by atoms with Crippen molar-refractivity contribution in [1.29, 1.82) is 0 Å². The summed E-state index contributed by atoms with van der Waals surface area (Å²) in [5.74, 6) is 0.473. The number of halogens is 2. The summed E-state index contributed by atoms with van der Waals surface area (Å²) in [7, 11) is 0. The second kappa shape index (κ2) is 2.91. The lowest BCUT2D eigenvalue weighted by Crippen LogP contribution is -2.00. The molecular weight excluding hydrogens is 193 g/mol. The number of nitrogens with two attached hydrogens (primary N) is 1. The molecule has 1 aromatic carbocycles. The van der Waals surface area contributed by atoms with E-state index < -0.39 is 0 Å². The molecule has 0 bridgehead atoms. The van der Waals surface area contributed by atoms with Crippen LogP contribution in [0.5, 0.6) is 0 Å². The minimum absolute atomic E-state index is 0.305. The molecule has 0 saturated heterocycles. The van der Waals surface area contributed by atoms with Gasteiger partial charge in [-0.2, -0.15) is 0 Å². The quantitative estimate of drug-likeness (QED) is 0.744. The highest BCUT2D eigenvalue weighted by Gasteiger charge is 2.34. The Morgan fingerprint density at radius 2 is 1.67 bits per heavy atom. The van der Waals surface area contributed by atoms with Gasteiger partial charge in [0.1, 0.15) is 0 Å². The molecule has 0 aromatic heterocycles. The summed E-state index contributed by atoms with van der Waals surface area (Å²) in [4.78, 5) is 0. The van der Waals surface area contributed by atoms with Gasteiger partial charge < -0.3 is 5.73 Å². The van der Waals surface area contributed by atoms with Gasteiger partial charge in [-0.05, 0) is 30.2 Å². The molecule has 0 heterocycles. The Balaban J connectivity index is 2.32. The third-order valence-electron chi connectivity index (χ3n) is 2.15. The van der Waals surface area contributed by atoms with Crippen molar-refractivity contribution in [3.8, 4) is 0 Å². The molecule has 1 aliphatic carbocycles. The maximum atomic E-state index is 5.84. The molecule has 1 nitrogen and oxygen atoms in total. The Labute approximate surface area is 81.5 Å². The van der Waals surface area contributed by atoms with Crippen LogP contribution >= 0.6 is 23.2 Å². The molecular formula is C9H9Cl2N. The summed E-state index contributed by atoms with van der Waals surface area (Å²) in [6.45, 7) is 0. The Morgan fingerprint density at radius 1 is 1.17 bits per heavy atom. The predicted molar refractivity (Wildman–Crippen MR) is 51.8 cm³/mol. The molecule has 1 aliphatic rings. The lowest BCUT2D eigenvalue weighted by molar-refractivity contribution is 0.991. The van der Waals surface area contributed by atoms with Crippen LogP contribution < -0.4 is 5.73 Å². The first-order valence-corrected chi connectivity index (χ1v) is 4.64. The molecule has 0 spiro atoms. The van der Waals surface area contributed by atoms with E-state index in [9.17, 15) is 0 Å². The Morgan fingerprint density at radius 3 is 2.08 bits per heavy atom. The molecule has 0 amide bonds. The molecule has 3 heteroatoms. The van der Waals surface area contributed by atoms with Crippen LogP contribution in [-0.2, 0) is 0 Å². The van der Waals surface area contributed by atoms with Crippen molar-refractivity contribution in [1.82, 2.24) is 0 Å². The average molecular weight is 202 g/mol. The fourth-order valence-electron chi connectivity index (χ4n) is 1.39. The molecule has 0 radical (unpaired) electrons. The molecule has 1 aromatic rings. The van der Waals surface area contributed by atoms with Crippen LogP contribution in [0, 0.1) is 0 Å². The van der Waals surface area contributed by atoms with E-state index in [1.807, 2.05) is 12.1 Å². The van der Waals surface area contributed by atoms with Gasteiger partial charge in [-0.25, -0.2) is 0 Å². The molecule has 1 fully saturated rings. The van der Waals surface area contributed by atoms with Crippen molar-refractivity contribution in [3.05, 3.63) is 33.8 Å². The Hall–Kier alpha value is -0.240. The minimum atomic E-state index is 0.305. The van der Waals surface area contributed by atoms with Crippen molar-refractivity contribution in [2.75, 3.05) is 0 Å². The number of hydrogen-bond donors (Lipinski definition) is 1. The van der Waals surface area contributed by atoms with Gasteiger partial charge in [0.2, 0.25) is 0 Å². The van der Waals surface area contributed by atoms with Crippen LogP contribution in [0.2, 0.25) is 10.0 Å². The average Bonchev–Trinajstić information content (AvgIpc) is 2.64.